The fraction of sp³-hybridized carbons (Fsp3) is 0.909. The minimum Gasteiger partial charge on any atom is -0.299 e. The summed E-state index contributed by atoms with van der Waals surface area (Å²) in [4.78, 5) is 5.06. The Bertz CT molecular complexity index is 233. The number of nitriles is 1. The van der Waals surface area contributed by atoms with E-state index in [1.807, 2.05) is 6.92 Å². The van der Waals surface area contributed by atoms with E-state index in [-0.39, 0.29) is 5.92 Å². The maximum atomic E-state index is 8.77. The van der Waals surface area contributed by atoms with Crippen molar-refractivity contribution >= 4 is 0 Å². The summed E-state index contributed by atoms with van der Waals surface area (Å²) in [6.07, 6.45) is 2.73. The lowest BCUT2D eigenvalue weighted by Gasteiger charge is -2.37. The maximum Gasteiger partial charge on any atom is 0.0666 e. The molecule has 2 aliphatic rings. The molecule has 0 bridgehead atoms. The quantitative estimate of drug-likeness (QED) is 0.653. The van der Waals surface area contributed by atoms with Crippen molar-refractivity contribution in [3.63, 3.8) is 0 Å². The molecular weight excluding hydrogens is 174 g/mol. The van der Waals surface area contributed by atoms with Crippen molar-refractivity contribution in [1.29, 1.82) is 5.26 Å². The third-order valence-electron chi connectivity index (χ3n) is 3.42. The van der Waals surface area contributed by atoms with Gasteiger partial charge in [-0.25, -0.2) is 0 Å². The molecule has 2 aliphatic heterocycles. The molecule has 0 saturated carbocycles. The second-order valence-electron chi connectivity index (χ2n) is 4.62. The van der Waals surface area contributed by atoms with Crippen molar-refractivity contribution in [1.82, 2.24) is 9.80 Å². The maximum absolute atomic E-state index is 8.77. The summed E-state index contributed by atoms with van der Waals surface area (Å²) in [5.41, 5.74) is 0. The second-order valence-corrected chi connectivity index (χ2v) is 4.62. The normalized spacial score (nSPS) is 31.0. The molecule has 0 N–H and O–H groups in total. The van der Waals surface area contributed by atoms with Crippen molar-refractivity contribution in [2.75, 3.05) is 32.7 Å². The van der Waals surface area contributed by atoms with Gasteiger partial charge in [-0.15, -0.1) is 0 Å². The van der Waals surface area contributed by atoms with Gasteiger partial charge in [-0.05, 0) is 26.3 Å². The van der Waals surface area contributed by atoms with E-state index in [2.05, 4.69) is 15.9 Å². The Kier molecular flexibility index (Phi) is 3.05. The highest BCUT2D eigenvalue weighted by atomic mass is 15.3. The summed E-state index contributed by atoms with van der Waals surface area (Å²) in [5.74, 6) is 0.183. The number of hydrogen-bond acceptors (Lipinski definition) is 3. The van der Waals surface area contributed by atoms with Crippen LogP contribution in [-0.2, 0) is 0 Å². The highest BCUT2D eigenvalue weighted by molar-refractivity contribution is 4.89. The Morgan fingerprint density at radius 2 is 2.29 bits per heavy atom. The Morgan fingerprint density at radius 1 is 1.43 bits per heavy atom. The van der Waals surface area contributed by atoms with E-state index in [9.17, 15) is 0 Å². The van der Waals surface area contributed by atoms with E-state index >= 15 is 0 Å². The van der Waals surface area contributed by atoms with Gasteiger partial charge in [0.2, 0.25) is 0 Å². The first-order chi connectivity index (χ1) is 6.79. The first-order valence-electron chi connectivity index (χ1n) is 5.65. The molecule has 0 amide bonds. The van der Waals surface area contributed by atoms with Crippen molar-refractivity contribution in [2.45, 2.75) is 25.8 Å². The first kappa shape index (κ1) is 9.95. The Morgan fingerprint density at radius 3 is 3.07 bits per heavy atom. The average Bonchev–Trinajstić information content (AvgIpc) is 2.64. The fourth-order valence-electron chi connectivity index (χ4n) is 2.65. The first-order valence-corrected chi connectivity index (χ1v) is 5.65. The predicted octanol–water partition coefficient (Wildman–Crippen LogP) is 0.926. The molecule has 3 heteroatoms. The molecule has 0 aromatic carbocycles. The molecule has 2 rings (SSSR count). The summed E-state index contributed by atoms with van der Waals surface area (Å²) in [6, 6.07) is 3.10. The standard InChI is InChI=1S/C11H19N3/c1-10(7-12)8-13-5-6-14-4-2-3-11(14)9-13/h10-11H,2-6,8-9H2,1H3. The van der Waals surface area contributed by atoms with E-state index in [4.69, 9.17) is 5.26 Å². The van der Waals surface area contributed by atoms with Gasteiger partial charge in [0.05, 0.1) is 12.0 Å². The van der Waals surface area contributed by atoms with Gasteiger partial charge in [0.25, 0.3) is 0 Å². The average molecular weight is 193 g/mol. The van der Waals surface area contributed by atoms with Crippen molar-refractivity contribution in [3.8, 4) is 6.07 Å². The smallest absolute Gasteiger partial charge is 0.0666 e. The molecule has 2 unspecified atom stereocenters. The number of fused-ring (bicyclic) bond motifs is 1. The molecule has 0 spiro atoms. The summed E-state index contributed by atoms with van der Waals surface area (Å²) < 4.78 is 0. The van der Waals surface area contributed by atoms with Crippen LogP contribution in [0, 0.1) is 17.2 Å². The van der Waals surface area contributed by atoms with Crippen LogP contribution in [0.3, 0.4) is 0 Å². The van der Waals surface area contributed by atoms with Crippen LogP contribution in [0.2, 0.25) is 0 Å². The monoisotopic (exact) mass is 193 g/mol. The van der Waals surface area contributed by atoms with Crippen molar-refractivity contribution < 1.29 is 0 Å². The van der Waals surface area contributed by atoms with Crippen molar-refractivity contribution in [3.05, 3.63) is 0 Å². The molecule has 2 heterocycles. The number of rotatable bonds is 2. The van der Waals surface area contributed by atoms with Crippen LogP contribution in [0.5, 0.6) is 0 Å². The van der Waals surface area contributed by atoms with Gasteiger partial charge in [0.15, 0.2) is 0 Å². The van der Waals surface area contributed by atoms with Crippen LogP contribution in [-0.4, -0.2) is 48.6 Å². The third-order valence-corrected chi connectivity index (χ3v) is 3.42. The second kappa shape index (κ2) is 4.29. The van der Waals surface area contributed by atoms with Crippen LogP contribution in [0.25, 0.3) is 0 Å². The van der Waals surface area contributed by atoms with Gasteiger partial charge >= 0.3 is 0 Å². The van der Waals surface area contributed by atoms with Gasteiger partial charge in [0, 0.05) is 32.2 Å². The van der Waals surface area contributed by atoms with E-state index < -0.39 is 0 Å². The lowest BCUT2D eigenvalue weighted by Crippen LogP contribution is -2.50. The van der Waals surface area contributed by atoms with Gasteiger partial charge in [-0.3, -0.25) is 9.80 Å². The van der Waals surface area contributed by atoms with Gasteiger partial charge in [-0.2, -0.15) is 5.26 Å². The summed E-state index contributed by atoms with van der Waals surface area (Å²) in [7, 11) is 0. The van der Waals surface area contributed by atoms with Crippen LogP contribution in [0.4, 0.5) is 0 Å². The highest BCUT2D eigenvalue weighted by Crippen LogP contribution is 2.21. The zero-order chi connectivity index (χ0) is 9.97. The molecule has 0 aromatic rings. The Balaban J connectivity index is 1.83. The van der Waals surface area contributed by atoms with Crippen LogP contribution in [0.1, 0.15) is 19.8 Å². The number of piperazine rings is 1. The minimum absolute atomic E-state index is 0.183. The Labute approximate surface area is 86.3 Å². The van der Waals surface area contributed by atoms with Gasteiger partial charge < -0.3 is 0 Å². The topological polar surface area (TPSA) is 30.3 Å². The van der Waals surface area contributed by atoms with E-state index in [1.54, 1.807) is 0 Å². The molecule has 78 valence electrons. The molecule has 2 saturated heterocycles. The molecule has 2 fully saturated rings. The van der Waals surface area contributed by atoms with Crippen LogP contribution in [0.15, 0.2) is 0 Å². The van der Waals surface area contributed by atoms with Crippen molar-refractivity contribution in [2.24, 2.45) is 5.92 Å². The SMILES string of the molecule is CC(C#N)CN1CCN2CCCC2C1. The van der Waals surface area contributed by atoms with E-state index in [0.717, 1.165) is 19.1 Å². The predicted molar refractivity (Wildman–Crippen MR) is 55.8 cm³/mol. The summed E-state index contributed by atoms with van der Waals surface area (Å²) >= 11 is 0. The molecular formula is C11H19N3. The van der Waals surface area contributed by atoms with Gasteiger partial charge in [0.1, 0.15) is 0 Å². The molecule has 14 heavy (non-hydrogen) atoms. The molecule has 0 radical (unpaired) electrons. The number of hydrogen-bond donors (Lipinski definition) is 0. The lowest BCUT2D eigenvalue weighted by molar-refractivity contribution is 0.0989. The largest absolute Gasteiger partial charge is 0.299 e. The lowest BCUT2D eigenvalue weighted by atomic mass is 10.1. The van der Waals surface area contributed by atoms with E-state index in [1.165, 1.54) is 32.5 Å². The molecule has 2 atom stereocenters. The minimum atomic E-state index is 0.183. The molecule has 0 aliphatic carbocycles. The Hall–Kier alpha value is -0.590. The van der Waals surface area contributed by atoms with E-state index in [0.29, 0.717) is 0 Å². The zero-order valence-electron chi connectivity index (χ0n) is 8.95. The molecule has 0 aromatic heterocycles. The highest BCUT2D eigenvalue weighted by Gasteiger charge is 2.30. The fourth-order valence-corrected chi connectivity index (χ4v) is 2.65. The third kappa shape index (κ3) is 2.08. The van der Waals surface area contributed by atoms with Crippen LogP contribution < -0.4 is 0 Å². The zero-order valence-corrected chi connectivity index (χ0v) is 8.95. The van der Waals surface area contributed by atoms with Gasteiger partial charge in [-0.1, -0.05) is 0 Å². The summed E-state index contributed by atoms with van der Waals surface area (Å²) in [6.45, 7) is 7.82. The molecule has 3 nitrogen and oxygen atoms in total. The summed E-state index contributed by atoms with van der Waals surface area (Å²) in [5, 5.41) is 8.77. The number of nitrogens with zero attached hydrogens (tertiary/aromatic N) is 3. The van der Waals surface area contributed by atoms with Crippen LogP contribution >= 0.6 is 0 Å².